The Bertz CT molecular complexity index is 1220. The van der Waals surface area contributed by atoms with E-state index < -0.39 is 18.2 Å². The van der Waals surface area contributed by atoms with E-state index in [4.69, 9.17) is 4.74 Å². The lowest BCUT2D eigenvalue weighted by Gasteiger charge is -2.23. The van der Waals surface area contributed by atoms with Gasteiger partial charge in [0.05, 0.1) is 25.2 Å². The second kappa shape index (κ2) is 47.8. The molecule has 0 aromatic rings. The third-order valence-electron chi connectivity index (χ3n) is 10.7. The molecule has 1 amide bonds. The fourth-order valence-electron chi connectivity index (χ4n) is 6.98. The topological polar surface area (TPSA) is 95.9 Å². The Morgan fingerprint density at radius 2 is 0.984 bits per heavy atom. The predicted octanol–water partition coefficient (Wildman–Crippen LogP) is 14.9. The van der Waals surface area contributed by atoms with Gasteiger partial charge in [-0.2, -0.15) is 0 Å². The van der Waals surface area contributed by atoms with Crippen LogP contribution < -0.4 is 5.32 Å². The normalized spacial score (nSPS) is 14.1. The van der Waals surface area contributed by atoms with Crippen LogP contribution in [0.15, 0.2) is 97.2 Å². The molecule has 0 aliphatic rings. The third kappa shape index (κ3) is 43.2. The standard InChI is InChI=1S/C55H93NO5/c1-4-7-10-13-16-19-22-25-27-30-32-35-38-41-44-47-53(58)52(50-57)56-54(59)49-51(46-43-40-37-34-31-29-26-23-20-17-14-11-8-5-2)61-55(60)48-45-42-39-36-33-28-24-21-18-15-12-9-6-3/h8-9,11-12,15,17-18,20-21,24,26,29,34,37,43,46,51-53,57-58H,4-7,10,13-14,16,19,22-23,25,27-28,30-33,35-36,38-42,44-45,47-50H2,1-3H3,(H,56,59)/b11-8+,12-9+,18-15+,20-17+,24-21-,29-26+,37-34+,46-43+. The van der Waals surface area contributed by atoms with Gasteiger partial charge in [-0.3, -0.25) is 9.59 Å². The van der Waals surface area contributed by atoms with E-state index >= 15 is 0 Å². The number of ether oxygens (including phenoxy) is 1. The van der Waals surface area contributed by atoms with Gasteiger partial charge in [-0.25, -0.2) is 0 Å². The number of rotatable bonds is 43. The third-order valence-corrected chi connectivity index (χ3v) is 10.7. The molecule has 0 saturated carbocycles. The van der Waals surface area contributed by atoms with Crippen LogP contribution >= 0.6 is 0 Å². The summed E-state index contributed by atoms with van der Waals surface area (Å²) in [5.74, 6) is -0.660. The van der Waals surface area contributed by atoms with E-state index in [9.17, 15) is 19.8 Å². The Kier molecular flexibility index (Phi) is 45.3. The number of nitrogens with one attached hydrogen (secondary N) is 1. The lowest BCUT2D eigenvalue weighted by atomic mass is 10.0. The SMILES string of the molecule is CC/C=C/C=C/C=C\CCCCCCCC(=O)OC(/C=C/C/C=C/C/C=C/C/C=C/C/C=C/CC)CC(=O)NC(CO)C(O)CCCCCCCCCCCCCCCCC. The van der Waals surface area contributed by atoms with Crippen molar-refractivity contribution < 1.29 is 24.5 Å². The molecule has 0 rings (SSSR count). The highest BCUT2D eigenvalue weighted by Crippen LogP contribution is 2.16. The molecular weight excluding hydrogens is 755 g/mol. The lowest BCUT2D eigenvalue weighted by Crippen LogP contribution is -2.46. The highest BCUT2D eigenvalue weighted by Gasteiger charge is 2.23. The summed E-state index contributed by atoms with van der Waals surface area (Å²) in [7, 11) is 0. The maximum Gasteiger partial charge on any atom is 0.306 e. The van der Waals surface area contributed by atoms with E-state index in [2.05, 4.69) is 111 Å². The average molecular weight is 848 g/mol. The molecule has 61 heavy (non-hydrogen) atoms. The number of unbranched alkanes of at least 4 members (excludes halogenated alkanes) is 19. The van der Waals surface area contributed by atoms with Gasteiger partial charge in [-0.15, -0.1) is 0 Å². The fraction of sp³-hybridized carbons (Fsp3) is 0.673. The number of hydrogen-bond donors (Lipinski definition) is 3. The first-order valence-electron chi connectivity index (χ1n) is 25.0. The maximum absolute atomic E-state index is 13.2. The van der Waals surface area contributed by atoms with E-state index in [1.165, 1.54) is 77.0 Å². The predicted molar refractivity (Wildman–Crippen MR) is 264 cm³/mol. The van der Waals surface area contributed by atoms with Crippen molar-refractivity contribution in [1.82, 2.24) is 5.32 Å². The highest BCUT2D eigenvalue weighted by atomic mass is 16.5. The smallest absolute Gasteiger partial charge is 0.306 e. The number of allylic oxidation sites excluding steroid dienone is 15. The summed E-state index contributed by atoms with van der Waals surface area (Å²) in [6.45, 7) is 6.19. The van der Waals surface area contributed by atoms with Crippen molar-refractivity contribution in [2.24, 2.45) is 0 Å². The Balaban J connectivity index is 4.75. The van der Waals surface area contributed by atoms with Crippen LogP contribution in [-0.4, -0.2) is 46.9 Å². The summed E-state index contributed by atoms with van der Waals surface area (Å²) in [6.07, 6.45) is 63.5. The molecule has 0 saturated heterocycles. The Hall–Kier alpha value is -3.22. The molecule has 348 valence electrons. The Morgan fingerprint density at radius 1 is 0.525 bits per heavy atom. The first-order chi connectivity index (χ1) is 30.0. The molecule has 0 radical (unpaired) electrons. The largest absolute Gasteiger partial charge is 0.458 e. The molecule has 0 spiro atoms. The van der Waals surface area contributed by atoms with Crippen molar-refractivity contribution in [3.8, 4) is 0 Å². The van der Waals surface area contributed by atoms with Gasteiger partial charge in [0, 0.05) is 6.42 Å². The molecule has 0 aromatic carbocycles. The summed E-state index contributed by atoms with van der Waals surface area (Å²) in [5.41, 5.74) is 0. The monoisotopic (exact) mass is 848 g/mol. The summed E-state index contributed by atoms with van der Waals surface area (Å²) in [4.78, 5) is 26.0. The van der Waals surface area contributed by atoms with Crippen LogP contribution in [0.2, 0.25) is 0 Å². The summed E-state index contributed by atoms with van der Waals surface area (Å²) >= 11 is 0. The quantitative estimate of drug-likeness (QED) is 0.0246. The molecule has 6 heteroatoms. The van der Waals surface area contributed by atoms with Gasteiger partial charge in [0.1, 0.15) is 6.10 Å². The van der Waals surface area contributed by atoms with Crippen LogP contribution in [0, 0.1) is 0 Å². The van der Waals surface area contributed by atoms with Crippen LogP contribution in [0.3, 0.4) is 0 Å². The van der Waals surface area contributed by atoms with Gasteiger partial charge in [-0.1, -0.05) is 227 Å². The van der Waals surface area contributed by atoms with E-state index in [1.54, 1.807) is 6.08 Å². The van der Waals surface area contributed by atoms with Crippen molar-refractivity contribution in [3.05, 3.63) is 97.2 Å². The van der Waals surface area contributed by atoms with Crippen LogP contribution in [0.1, 0.15) is 213 Å². The number of aliphatic hydroxyl groups excluding tert-OH is 2. The molecule has 0 fully saturated rings. The van der Waals surface area contributed by atoms with Gasteiger partial charge in [0.25, 0.3) is 0 Å². The minimum atomic E-state index is -0.827. The van der Waals surface area contributed by atoms with Crippen molar-refractivity contribution in [2.45, 2.75) is 232 Å². The molecule has 0 aromatic heterocycles. The molecule has 6 nitrogen and oxygen atoms in total. The van der Waals surface area contributed by atoms with Gasteiger partial charge in [-0.05, 0) is 70.3 Å². The van der Waals surface area contributed by atoms with Crippen molar-refractivity contribution >= 4 is 11.9 Å². The number of carbonyl (C=O) groups excluding carboxylic acids is 2. The van der Waals surface area contributed by atoms with E-state index in [0.717, 1.165) is 89.9 Å². The average Bonchev–Trinajstić information content (AvgIpc) is 3.25. The summed E-state index contributed by atoms with van der Waals surface area (Å²) in [5, 5.41) is 23.7. The van der Waals surface area contributed by atoms with Gasteiger partial charge in [0.15, 0.2) is 0 Å². The van der Waals surface area contributed by atoms with Crippen LogP contribution in [0.25, 0.3) is 0 Å². The molecular formula is C55H93NO5. The molecule has 0 heterocycles. The van der Waals surface area contributed by atoms with E-state index in [0.29, 0.717) is 19.3 Å². The zero-order valence-electron chi connectivity index (χ0n) is 39.5. The van der Waals surface area contributed by atoms with Gasteiger partial charge >= 0.3 is 5.97 Å². The number of amides is 1. The molecule has 0 aliphatic heterocycles. The second-order valence-corrected chi connectivity index (χ2v) is 16.5. The molecule has 3 atom stereocenters. The minimum absolute atomic E-state index is 0.0593. The summed E-state index contributed by atoms with van der Waals surface area (Å²) in [6, 6.07) is -0.751. The zero-order valence-corrected chi connectivity index (χ0v) is 39.5. The fourth-order valence-corrected chi connectivity index (χ4v) is 6.98. The highest BCUT2D eigenvalue weighted by molar-refractivity contribution is 5.78. The number of carbonyl (C=O) groups is 2. The molecule has 3 unspecified atom stereocenters. The Labute approximate surface area is 376 Å². The molecule has 0 aliphatic carbocycles. The van der Waals surface area contributed by atoms with Gasteiger partial charge < -0.3 is 20.3 Å². The molecule has 3 N–H and O–H groups in total. The number of hydrogen-bond acceptors (Lipinski definition) is 5. The molecule has 0 bridgehead atoms. The van der Waals surface area contributed by atoms with Crippen molar-refractivity contribution in [3.63, 3.8) is 0 Å². The number of esters is 1. The minimum Gasteiger partial charge on any atom is -0.458 e. The summed E-state index contributed by atoms with van der Waals surface area (Å²) < 4.78 is 5.80. The van der Waals surface area contributed by atoms with Crippen molar-refractivity contribution in [2.75, 3.05) is 6.61 Å². The van der Waals surface area contributed by atoms with E-state index in [1.807, 2.05) is 6.08 Å². The van der Waals surface area contributed by atoms with E-state index in [-0.39, 0.29) is 24.9 Å². The first-order valence-corrected chi connectivity index (χ1v) is 25.0. The first kappa shape index (κ1) is 57.8. The Morgan fingerprint density at radius 3 is 1.51 bits per heavy atom. The van der Waals surface area contributed by atoms with Crippen molar-refractivity contribution in [1.29, 1.82) is 0 Å². The van der Waals surface area contributed by atoms with Crippen LogP contribution in [-0.2, 0) is 14.3 Å². The number of aliphatic hydroxyl groups is 2. The zero-order chi connectivity index (χ0) is 44.5. The van der Waals surface area contributed by atoms with Crippen LogP contribution in [0.5, 0.6) is 0 Å². The lowest BCUT2D eigenvalue weighted by molar-refractivity contribution is -0.148. The second-order valence-electron chi connectivity index (χ2n) is 16.5. The van der Waals surface area contributed by atoms with Gasteiger partial charge in [0.2, 0.25) is 5.91 Å². The maximum atomic E-state index is 13.2. The van der Waals surface area contributed by atoms with Crippen LogP contribution in [0.4, 0.5) is 0 Å².